The zero-order chi connectivity index (χ0) is 14.0. The van der Waals surface area contributed by atoms with Crippen molar-refractivity contribution in [3.8, 4) is 0 Å². The molecule has 0 bridgehead atoms. The van der Waals surface area contributed by atoms with Crippen LogP contribution in [0.2, 0.25) is 0 Å². The highest BCUT2D eigenvalue weighted by molar-refractivity contribution is 7.99. The zero-order valence-corrected chi connectivity index (χ0v) is 12.1. The van der Waals surface area contributed by atoms with Crippen molar-refractivity contribution in [2.45, 2.75) is 31.2 Å². The number of carboxylic acids is 1. The Bertz CT molecular complexity index is 455. The molecule has 0 amide bonds. The van der Waals surface area contributed by atoms with Crippen LogP contribution in [0.5, 0.6) is 0 Å². The van der Waals surface area contributed by atoms with Crippen molar-refractivity contribution in [1.29, 1.82) is 0 Å². The first-order chi connectivity index (χ1) is 8.97. The molecule has 1 aromatic heterocycles. The van der Waals surface area contributed by atoms with Gasteiger partial charge in [-0.15, -0.1) is 10.2 Å². The van der Waals surface area contributed by atoms with E-state index in [1.807, 2.05) is 25.5 Å². The maximum atomic E-state index is 10.6. The van der Waals surface area contributed by atoms with Crippen LogP contribution in [-0.2, 0) is 16.6 Å². The molecular weight excluding hydrogens is 268 g/mol. The summed E-state index contributed by atoms with van der Waals surface area (Å²) in [6.07, 6.45) is 0.297. The van der Waals surface area contributed by atoms with E-state index in [9.17, 15) is 4.79 Å². The van der Waals surface area contributed by atoms with Crippen LogP contribution in [0.4, 0.5) is 5.95 Å². The van der Waals surface area contributed by atoms with Gasteiger partial charge in [-0.2, -0.15) is 0 Å². The lowest BCUT2D eigenvalue weighted by atomic mass is 10.2. The molecule has 7 nitrogen and oxygen atoms in total. The Kier molecular flexibility index (Phi) is 4.31. The Morgan fingerprint density at radius 3 is 2.63 bits per heavy atom. The summed E-state index contributed by atoms with van der Waals surface area (Å²) in [4.78, 5) is 12.7. The van der Waals surface area contributed by atoms with Crippen molar-refractivity contribution in [2.75, 3.05) is 23.7 Å². The van der Waals surface area contributed by atoms with Crippen LogP contribution in [0.25, 0.3) is 0 Å². The molecule has 0 saturated carbocycles. The second-order valence-electron chi connectivity index (χ2n) is 4.69. The summed E-state index contributed by atoms with van der Waals surface area (Å²) in [5.74, 6) is -0.111. The number of nitrogens with zero attached hydrogens (tertiary/aromatic N) is 4. The summed E-state index contributed by atoms with van der Waals surface area (Å²) in [5.41, 5.74) is 0. The van der Waals surface area contributed by atoms with Gasteiger partial charge in [-0.1, -0.05) is 11.8 Å². The Morgan fingerprint density at radius 1 is 1.42 bits per heavy atom. The Balaban J connectivity index is 2.10. The second-order valence-corrected chi connectivity index (χ2v) is 5.63. The molecule has 1 aliphatic rings. The number of rotatable bonds is 4. The first-order valence-corrected chi connectivity index (χ1v) is 7.10. The molecule has 0 spiro atoms. The molecule has 2 rings (SSSR count). The lowest BCUT2D eigenvalue weighted by molar-refractivity contribution is -0.133. The molecule has 1 fully saturated rings. The minimum absolute atomic E-state index is 0.0120. The van der Waals surface area contributed by atoms with E-state index in [2.05, 4.69) is 15.1 Å². The van der Waals surface area contributed by atoms with E-state index in [0.29, 0.717) is 5.16 Å². The van der Waals surface area contributed by atoms with Gasteiger partial charge in [0, 0.05) is 20.1 Å². The van der Waals surface area contributed by atoms with E-state index in [1.54, 1.807) is 0 Å². The van der Waals surface area contributed by atoms with Gasteiger partial charge in [0.1, 0.15) is 0 Å². The van der Waals surface area contributed by atoms with Crippen molar-refractivity contribution in [2.24, 2.45) is 7.05 Å². The van der Waals surface area contributed by atoms with Crippen molar-refractivity contribution in [3.05, 3.63) is 0 Å². The molecule has 2 unspecified atom stereocenters. The van der Waals surface area contributed by atoms with E-state index in [1.165, 1.54) is 11.8 Å². The van der Waals surface area contributed by atoms with Crippen LogP contribution < -0.4 is 4.90 Å². The lowest BCUT2D eigenvalue weighted by Crippen LogP contribution is -2.46. The van der Waals surface area contributed by atoms with Gasteiger partial charge in [0.2, 0.25) is 5.95 Å². The fraction of sp³-hybridized carbons (Fsp3) is 0.727. The Labute approximate surface area is 115 Å². The highest BCUT2D eigenvalue weighted by Gasteiger charge is 2.26. The zero-order valence-electron chi connectivity index (χ0n) is 11.2. The van der Waals surface area contributed by atoms with Gasteiger partial charge in [0.15, 0.2) is 5.16 Å². The standard InChI is InChI=1S/C11H18N4O3S/c1-7-4-15(5-8(2)18-7)10-12-13-11(14(10)3)19-6-9(16)17/h7-8H,4-6H2,1-3H3,(H,16,17). The van der Waals surface area contributed by atoms with Crippen LogP contribution in [0.3, 0.4) is 0 Å². The number of morpholine rings is 1. The number of hydrogen-bond donors (Lipinski definition) is 1. The van der Waals surface area contributed by atoms with Gasteiger partial charge in [-0.05, 0) is 13.8 Å². The molecule has 1 aliphatic heterocycles. The predicted molar refractivity (Wildman–Crippen MR) is 71.6 cm³/mol. The smallest absolute Gasteiger partial charge is 0.313 e. The second kappa shape index (κ2) is 5.79. The number of hydrogen-bond acceptors (Lipinski definition) is 6. The Hall–Kier alpha value is -1.28. The molecule has 0 aliphatic carbocycles. The summed E-state index contributed by atoms with van der Waals surface area (Å²) >= 11 is 1.17. The maximum Gasteiger partial charge on any atom is 0.313 e. The third-order valence-corrected chi connectivity index (χ3v) is 3.84. The van der Waals surface area contributed by atoms with Crippen LogP contribution in [-0.4, -0.2) is 56.9 Å². The van der Waals surface area contributed by atoms with E-state index in [4.69, 9.17) is 9.84 Å². The Morgan fingerprint density at radius 2 is 2.05 bits per heavy atom. The van der Waals surface area contributed by atoms with Gasteiger partial charge in [0.25, 0.3) is 0 Å². The summed E-state index contributed by atoms with van der Waals surface area (Å²) in [6.45, 7) is 5.58. The van der Waals surface area contributed by atoms with Crippen LogP contribution in [0.1, 0.15) is 13.8 Å². The van der Waals surface area contributed by atoms with Crippen molar-refractivity contribution in [3.63, 3.8) is 0 Å². The first-order valence-electron chi connectivity index (χ1n) is 6.11. The van der Waals surface area contributed by atoms with Gasteiger partial charge in [-0.3, -0.25) is 9.36 Å². The number of thioether (sulfide) groups is 1. The average Bonchev–Trinajstić information content (AvgIpc) is 2.66. The monoisotopic (exact) mass is 286 g/mol. The molecule has 2 heterocycles. The largest absolute Gasteiger partial charge is 0.481 e. The minimum atomic E-state index is -0.858. The average molecular weight is 286 g/mol. The molecule has 0 radical (unpaired) electrons. The minimum Gasteiger partial charge on any atom is -0.481 e. The van der Waals surface area contributed by atoms with Crippen molar-refractivity contribution < 1.29 is 14.6 Å². The normalized spacial score (nSPS) is 23.6. The van der Waals surface area contributed by atoms with Gasteiger partial charge in [-0.25, -0.2) is 0 Å². The fourth-order valence-corrected chi connectivity index (χ4v) is 2.80. The highest BCUT2D eigenvalue weighted by atomic mass is 32.2. The molecule has 106 valence electrons. The predicted octanol–water partition coefficient (Wildman–Crippen LogP) is 0.605. The number of anilines is 1. The van der Waals surface area contributed by atoms with E-state index < -0.39 is 5.97 Å². The molecule has 2 atom stereocenters. The van der Waals surface area contributed by atoms with E-state index in [-0.39, 0.29) is 18.0 Å². The molecule has 8 heteroatoms. The fourth-order valence-electron chi connectivity index (χ4n) is 2.18. The molecule has 1 N–H and O–H groups in total. The van der Waals surface area contributed by atoms with E-state index in [0.717, 1.165) is 19.0 Å². The summed E-state index contributed by atoms with van der Waals surface area (Å²) < 4.78 is 7.51. The molecule has 1 saturated heterocycles. The summed E-state index contributed by atoms with van der Waals surface area (Å²) in [6, 6.07) is 0. The van der Waals surface area contributed by atoms with Gasteiger partial charge < -0.3 is 14.7 Å². The van der Waals surface area contributed by atoms with Crippen LogP contribution in [0.15, 0.2) is 5.16 Å². The van der Waals surface area contributed by atoms with Crippen molar-refractivity contribution >= 4 is 23.7 Å². The number of ether oxygens (including phenoxy) is 1. The SMILES string of the molecule is CC1CN(c2nnc(SCC(=O)O)n2C)CC(C)O1. The quantitative estimate of drug-likeness (QED) is 0.812. The number of carboxylic acid groups (broad SMARTS) is 1. The third-order valence-electron chi connectivity index (χ3n) is 2.84. The van der Waals surface area contributed by atoms with Gasteiger partial charge >= 0.3 is 5.97 Å². The summed E-state index contributed by atoms with van der Waals surface area (Å²) in [7, 11) is 1.85. The summed E-state index contributed by atoms with van der Waals surface area (Å²) in [5, 5.41) is 17.5. The highest BCUT2D eigenvalue weighted by Crippen LogP contribution is 2.22. The lowest BCUT2D eigenvalue weighted by Gasteiger charge is -2.35. The molecule has 0 aromatic carbocycles. The van der Waals surface area contributed by atoms with Crippen LogP contribution in [0, 0.1) is 0 Å². The third kappa shape index (κ3) is 3.38. The van der Waals surface area contributed by atoms with Gasteiger partial charge in [0.05, 0.1) is 18.0 Å². The maximum absolute atomic E-state index is 10.6. The number of aromatic nitrogens is 3. The van der Waals surface area contributed by atoms with Crippen LogP contribution >= 0.6 is 11.8 Å². The molecule has 19 heavy (non-hydrogen) atoms. The van der Waals surface area contributed by atoms with E-state index >= 15 is 0 Å². The number of carbonyl (C=O) groups is 1. The number of aliphatic carboxylic acids is 1. The topological polar surface area (TPSA) is 80.5 Å². The first kappa shape index (κ1) is 14.1. The molecule has 1 aromatic rings. The molecular formula is C11H18N4O3S. The van der Waals surface area contributed by atoms with Crippen molar-refractivity contribution in [1.82, 2.24) is 14.8 Å².